The van der Waals surface area contributed by atoms with E-state index < -0.39 is 0 Å². The highest BCUT2D eigenvalue weighted by Crippen LogP contribution is 1.99. The van der Waals surface area contributed by atoms with Crippen LogP contribution in [0.25, 0.3) is 0 Å². The van der Waals surface area contributed by atoms with Gasteiger partial charge in [0, 0.05) is 19.6 Å². The fourth-order valence-corrected chi connectivity index (χ4v) is 1.29. The van der Waals surface area contributed by atoms with Crippen LogP contribution in [0.4, 0.5) is 0 Å². The fraction of sp³-hybridized carbons (Fsp3) is 0.667. The topological polar surface area (TPSA) is 32.3 Å². The summed E-state index contributed by atoms with van der Waals surface area (Å²) in [4.78, 5) is 13.3. The first-order valence-electron chi connectivity index (χ1n) is 4.47. The van der Waals surface area contributed by atoms with Gasteiger partial charge in [-0.1, -0.05) is 12.2 Å². The van der Waals surface area contributed by atoms with E-state index in [4.69, 9.17) is 0 Å². The van der Waals surface area contributed by atoms with Crippen molar-refractivity contribution >= 4 is 5.91 Å². The zero-order chi connectivity index (χ0) is 8.81. The summed E-state index contributed by atoms with van der Waals surface area (Å²) in [5, 5.41) is 2.79. The van der Waals surface area contributed by atoms with Gasteiger partial charge in [0.05, 0.1) is 6.54 Å². The van der Waals surface area contributed by atoms with Gasteiger partial charge in [-0.15, -0.1) is 0 Å². The molecule has 0 bridgehead atoms. The Morgan fingerprint density at radius 2 is 2.42 bits per heavy atom. The molecule has 0 fully saturated rings. The first-order chi connectivity index (χ1) is 5.83. The Morgan fingerprint density at radius 3 is 3.00 bits per heavy atom. The lowest BCUT2D eigenvalue weighted by Crippen LogP contribution is -2.38. The van der Waals surface area contributed by atoms with E-state index >= 15 is 0 Å². The molecule has 0 aromatic heterocycles. The number of amides is 1. The number of carbonyl (C=O) groups is 1. The normalized spacial score (nSPS) is 17.8. The van der Waals surface area contributed by atoms with E-state index in [-0.39, 0.29) is 5.91 Å². The van der Waals surface area contributed by atoms with Crippen molar-refractivity contribution in [2.45, 2.75) is 13.3 Å². The Labute approximate surface area is 73.4 Å². The second kappa shape index (κ2) is 4.93. The van der Waals surface area contributed by atoms with E-state index in [1.54, 1.807) is 0 Å². The Bertz CT molecular complexity index is 177. The Morgan fingerprint density at radius 1 is 1.58 bits per heavy atom. The van der Waals surface area contributed by atoms with Gasteiger partial charge in [0.25, 0.3) is 0 Å². The molecular weight excluding hydrogens is 152 g/mol. The molecule has 1 N–H and O–H groups in total. The maximum atomic E-state index is 11.1. The minimum atomic E-state index is 0.132. The van der Waals surface area contributed by atoms with Crippen molar-refractivity contribution in [3.05, 3.63) is 12.2 Å². The molecule has 3 heteroatoms. The third kappa shape index (κ3) is 3.05. The van der Waals surface area contributed by atoms with Crippen LogP contribution in [0, 0.1) is 0 Å². The molecule has 0 spiro atoms. The summed E-state index contributed by atoms with van der Waals surface area (Å²) >= 11 is 0. The van der Waals surface area contributed by atoms with Crippen LogP contribution in [0.5, 0.6) is 0 Å². The maximum absolute atomic E-state index is 11.1. The molecule has 68 valence electrons. The highest BCUT2D eigenvalue weighted by Gasteiger charge is 2.09. The summed E-state index contributed by atoms with van der Waals surface area (Å²) in [6, 6.07) is 0. The number of hydrogen-bond donors (Lipinski definition) is 1. The van der Waals surface area contributed by atoms with Gasteiger partial charge in [0.1, 0.15) is 0 Å². The van der Waals surface area contributed by atoms with E-state index in [1.807, 2.05) is 6.92 Å². The van der Waals surface area contributed by atoms with Crippen molar-refractivity contribution in [3.8, 4) is 0 Å². The first kappa shape index (κ1) is 9.26. The molecule has 1 amide bonds. The quantitative estimate of drug-likeness (QED) is 0.618. The zero-order valence-corrected chi connectivity index (χ0v) is 7.55. The number of nitrogens with zero attached hydrogens (tertiary/aromatic N) is 1. The lowest BCUT2D eigenvalue weighted by atomic mass is 10.2. The summed E-state index contributed by atoms with van der Waals surface area (Å²) in [6.07, 6.45) is 5.34. The monoisotopic (exact) mass is 168 g/mol. The van der Waals surface area contributed by atoms with Crippen molar-refractivity contribution in [2.75, 3.05) is 26.2 Å². The van der Waals surface area contributed by atoms with Gasteiger partial charge in [0.2, 0.25) is 5.91 Å². The van der Waals surface area contributed by atoms with Gasteiger partial charge in [-0.25, -0.2) is 0 Å². The zero-order valence-electron chi connectivity index (χ0n) is 7.55. The molecule has 12 heavy (non-hydrogen) atoms. The predicted octanol–water partition coefficient (Wildman–Crippen LogP) is 0.384. The van der Waals surface area contributed by atoms with Crippen LogP contribution < -0.4 is 5.32 Å². The molecule has 0 saturated carbocycles. The molecule has 1 aliphatic heterocycles. The van der Waals surface area contributed by atoms with Crippen molar-refractivity contribution in [1.82, 2.24) is 10.2 Å². The number of nitrogens with one attached hydrogen (secondary N) is 1. The van der Waals surface area contributed by atoms with Crippen LogP contribution in [-0.2, 0) is 4.79 Å². The smallest absolute Gasteiger partial charge is 0.234 e. The lowest BCUT2D eigenvalue weighted by molar-refractivity contribution is -0.122. The van der Waals surface area contributed by atoms with E-state index in [1.165, 1.54) is 0 Å². The van der Waals surface area contributed by atoms with Crippen LogP contribution in [0.15, 0.2) is 12.2 Å². The number of carbonyl (C=O) groups excluding carboxylic acids is 1. The summed E-state index contributed by atoms with van der Waals surface area (Å²) in [6.45, 7) is 5.12. The van der Waals surface area contributed by atoms with E-state index in [2.05, 4.69) is 22.4 Å². The molecule has 0 unspecified atom stereocenters. The van der Waals surface area contributed by atoms with E-state index in [0.717, 1.165) is 26.1 Å². The second-order valence-corrected chi connectivity index (χ2v) is 2.95. The van der Waals surface area contributed by atoms with Crippen LogP contribution in [0.1, 0.15) is 13.3 Å². The summed E-state index contributed by atoms with van der Waals surface area (Å²) < 4.78 is 0. The van der Waals surface area contributed by atoms with E-state index in [0.29, 0.717) is 6.54 Å². The third-order valence-corrected chi connectivity index (χ3v) is 1.88. The van der Waals surface area contributed by atoms with Gasteiger partial charge in [-0.05, 0) is 13.3 Å². The maximum Gasteiger partial charge on any atom is 0.234 e. The fourth-order valence-electron chi connectivity index (χ4n) is 1.29. The number of likely N-dealkylation sites (N-methyl/N-ethyl adjacent to an activating group) is 1. The molecule has 0 radical (unpaired) electrons. The minimum Gasteiger partial charge on any atom is -0.355 e. The Hall–Kier alpha value is -0.830. The van der Waals surface area contributed by atoms with Crippen molar-refractivity contribution < 1.29 is 4.79 Å². The highest BCUT2D eigenvalue weighted by atomic mass is 16.2. The second-order valence-electron chi connectivity index (χ2n) is 2.95. The predicted molar refractivity (Wildman–Crippen MR) is 48.9 cm³/mol. The minimum absolute atomic E-state index is 0.132. The van der Waals surface area contributed by atoms with Crippen LogP contribution >= 0.6 is 0 Å². The van der Waals surface area contributed by atoms with Crippen molar-refractivity contribution in [2.24, 2.45) is 0 Å². The van der Waals surface area contributed by atoms with Crippen molar-refractivity contribution in [1.29, 1.82) is 0 Å². The van der Waals surface area contributed by atoms with Gasteiger partial charge >= 0.3 is 0 Å². The molecule has 1 heterocycles. The molecule has 0 atom stereocenters. The highest BCUT2D eigenvalue weighted by molar-refractivity contribution is 5.77. The Kier molecular flexibility index (Phi) is 3.80. The standard InChI is InChI=1S/C9H16N2O/c1-2-10-9(12)8-11-6-4-3-5-7-11/h3-4H,2,5-8H2,1H3,(H,10,12). The van der Waals surface area contributed by atoms with Crippen LogP contribution in [-0.4, -0.2) is 37.0 Å². The van der Waals surface area contributed by atoms with Gasteiger partial charge < -0.3 is 5.32 Å². The summed E-state index contributed by atoms with van der Waals surface area (Å²) in [7, 11) is 0. The molecule has 0 aliphatic carbocycles. The summed E-state index contributed by atoms with van der Waals surface area (Å²) in [5.74, 6) is 0.132. The van der Waals surface area contributed by atoms with Gasteiger partial charge in [-0.3, -0.25) is 9.69 Å². The molecule has 0 saturated heterocycles. The molecule has 0 aromatic rings. The first-order valence-corrected chi connectivity index (χ1v) is 4.47. The molecule has 3 nitrogen and oxygen atoms in total. The van der Waals surface area contributed by atoms with Gasteiger partial charge in [0.15, 0.2) is 0 Å². The third-order valence-electron chi connectivity index (χ3n) is 1.88. The van der Waals surface area contributed by atoms with Crippen molar-refractivity contribution in [3.63, 3.8) is 0 Å². The SMILES string of the molecule is CCNC(=O)CN1CC=CCC1. The average Bonchev–Trinajstić information content (AvgIpc) is 2.06. The van der Waals surface area contributed by atoms with Gasteiger partial charge in [-0.2, -0.15) is 0 Å². The largest absolute Gasteiger partial charge is 0.355 e. The summed E-state index contributed by atoms with van der Waals surface area (Å²) in [5.41, 5.74) is 0. The molecule has 0 aromatic carbocycles. The molecule has 1 aliphatic rings. The molecular formula is C9H16N2O. The Balaban J connectivity index is 2.21. The molecule has 1 rings (SSSR count). The number of hydrogen-bond acceptors (Lipinski definition) is 2. The lowest BCUT2D eigenvalue weighted by Gasteiger charge is -2.21. The number of rotatable bonds is 3. The van der Waals surface area contributed by atoms with Crippen LogP contribution in [0.3, 0.4) is 0 Å². The van der Waals surface area contributed by atoms with E-state index in [9.17, 15) is 4.79 Å². The van der Waals surface area contributed by atoms with Crippen LogP contribution in [0.2, 0.25) is 0 Å². The average molecular weight is 168 g/mol.